The molecule has 1 aliphatic carbocycles. The van der Waals surface area contributed by atoms with Crippen molar-refractivity contribution in [3.63, 3.8) is 0 Å². The van der Waals surface area contributed by atoms with Crippen molar-refractivity contribution >= 4 is 5.69 Å². The van der Waals surface area contributed by atoms with Gasteiger partial charge < -0.3 is 14.4 Å². The summed E-state index contributed by atoms with van der Waals surface area (Å²) >= 11 is 0. The van der Waals surface area contributed by atoms with Crippen molar-refractivity contribution in [3.8, 4) is 11.5 Å². The van der Waals surface area contributed by atoms with Crippen molar-refractivity contribution < 1.29 is 9.47 Å². The Kier molecular flexibility index (Phi) is 3.00. The highest BCUT2D eigenvalue weighted by molar-refractivity contribution is 5.63. The molecule has 0 saturated heterocycles. The predicted molar refractivity (Wildman–Crippen MR) is 90.4 cm³/mol. The molecule has 2 aromatic rings. The van der Waals surface area contributed by atoms with E-state index in [-0.39, 0.29) is 0 Å². The summed E-state index contributed by atoms with van der Waals surface area (Å²) in [5, 5.41) is 0. The van der Waals surface area contributed by atoms with Gasteiger partial charge >= 0.3 is 0 Å². The summed E-state index contributed by atoms with van der Waals surface area (Å²) in [6, 6.07) is 15.3. The number of hydrogen-bond donors (Lipinski definition) is 0. The minimum Gasteiger partial charge on any atom is -0.454 e. The number of fused-ring (bicyclic) bond motifs is 2. The van der Waals surface area contributed by atoms with E-state index < -0.39 is 0 Å². The van der Waals surface area contributed by atoms with E-state index in [0.29, 0.717) is 12.7 Å². The summed E-state index contributed by atoms with van der Waals surface area (Å²) in [5.41, 5.74) is 4.19. The molecule has 3 nitrogen and oxygen atoms in total. The number of anilines is 1. The first-order chi connectivity index (χ1) is 11.4. The average molecular weight is 307 g/mol. The van der Waals surface area contributed by atoms with E-state index in [2.05, 4.69) is 41.3 Å². The number of benzene rings is 2. The third-order valence-corrected chi connectivity index (χ3v) is 5.36. The van der Waals surface area contributed by atoms with Gasteiger partial charge in [0.1, 0.15) is 0 Å². The maximum absolute atomic E-state index is 5.56. The maximum atomic E-state index is 5.56. The zero-order valence-corrected chi connectivity index (χ0v) is 13.2. The fourth-order valence-electron chi connectivity index (χ4n) is 3.86. The molecule has 1 atom stereocenters. The molecule has 2 heterocycles. The topological polar surface area (TPSA) is 21.7 Å². The van der Waals surface area contributed by atoms with Crippen LogP contribution >= 0.6 is 0 Å². The molecule has 23 heavy (non-hydrogen) atoms. The normalized spacial score (nSPS) is 21.6. The fourth-order valence-corrected chi connectivity index (χ4v) is 3.86. The van der Waals surface area contributed by atoms with Gasteiger partial charge in [-0.1, -0.05) is 37.1 Å². The van der Waals surface area contributed by atoms with Crippen LogP contribution in [-0.2, 0) is 0 Å². The zero-order valence-electron chi connectivity index (χ0n) is 13.2. The van der Waals surface area contributed by atoms with Gasteiger partial charge in [-0.2, -0.15) is 0 Å². The number of para-hydroxylation sites is 1. The van der Waals surface area contributed by atoms with E-state index in [4.69, 9.17) is 9.47 Å². The van der Waals surface area contributed by atoms with Gasteiger partial charge in [-0.3, -0.25) is 0 Å². The molecule has 1 fully saturated rings. The van der Waals surface area contributed by atoms with Crippen molar-refractivity contribution in [1.29, 1.82) is 0 Å². The highest BCUT2D eigenvalue weighted by Crippen LogP contribution is 2.43. The molecule has 0 spiro atoms. The Morgan fingerprint density at radius 2 is 1.87 bits per heavy atom. The van der Waals surface area contributed by atoms with E-state index in [1.54, 1.807) is 0 Å². The molecule has 0 radical (unpaired) electrons. The molecule has 2 aromatic carbocycles. The summed E-state index contributed by atoms with van der Waals surface area (Å²) in [5.74, 6) is 3.16. The van der Waals surface area contributed by atoms with Crippen LogP contribution in [-0.4, -0.2) is 19.9 Å². The quantitative estimate of drug-likeness (QED) is 0.846. The van der Waals surface area contributed by atoms with E-state index in [9.17, 15) is 0 Å². The van der Waals surface area contributed by atoms with Crippen LogP contribution in [0.2, 0.25) is 0 Å². The lowest BCUT2D eigenvalue weighted by Gasteiger charge is -2.20. The molecule has 1 unspecified atom stereocenters. The van der Waals surface area contributed by atoms with Crippen molar-refractivity contribution in [2.24, 2.45) is 5.92 Å². The highest BCUT2D eigenvalue weighted by Gasteiger charge is 2.31. The van der Waals surface area contributed by atoms with Gasteiger partial charge in [0.15, 0.2) is 11.5 Å². The molecule has 1 saturated carbocycles. The molecular weight excluding hydrogens is 286 g/mol. The molecule has 0 bridgehead atoms. The summed E-state index contributed by atoms with van der Waals surface area (Å²) in [7, 11) is 0. The van der Waals surface area contributed by atoms with Gasteiger partial charge in [-0.25, -0.2) is 0 Å². The Hall–Kier alpha value is -2.16. The maximum Gasteiger partial charge on any atom is 0.231 e. The first-order valence-electron chi connectivity index (χ1n) is 8.62. The molecule has 118 valence electrons. The zero-order chi connectivity index (χ0) is 15.2. The molecule has 5 rings (SSSR count). The van der Waals surface area contributed by atoms with Crippen LogP contribution in [0.1, 0.15) is 36.3 Å². The minimum absolute atomic E-state index is 0.341. The Balaban J connectivity index is 1.46. The monoisotopic (exact) mass is 307 g/mol. The lowest BCUT2D eigenvalue weighted by Crippen LogP contribution is -2.23. The van der Waals surface area contributed by atoms with Crippen LogP contribution in [0.3, 0.4) is 0 Å². The minimum atomic E-state index is 0.341. The van der Waals surface area contributed by atoms with Gasteiger partial charge in [-0.05, 0) is 41.7 Å². The Bertz CT molecular complexity index is 738. The highest BCUT2D eigenvalue weighted by atomic mass is 16.7. The number of nitrogens with zero attached hydrogens (tertiary/aromatic N) is 1. The van der Waals surface area contributed by atoms with Crippen LogP contribution < -0.4 is 14.4 Å². The van der Waals surface area contributed by atoms with Crippen molar-refractivity contribution in [2.45, 2.75) is 25.2 Å². The largest absolute Gasteiger partial charge is 0.454 e. The lowest BCUT2D eigenvalue weighted by molar-refractivity contribution is 0.174. The van der Waals surface area contributed by atoms with Gasteiger partial charge in [-0.15, -0.1) is 0 Å². The van der Waals surface area contributed by atoms with E-state index in [1.807, 2.05) is 6.07 Å². The van der Waals surface area contributed by atoms with Crippen LogP contribution in [0, 0.1) is 5.92 Å². The van der Waals surface area contributed by atoms with E-state index in [1.165, 1.54) is 42.6 Å². The second-order valence-electron chi connectivity index (χ2n) is 6.90. The number of rotatable bonds is 4. The standard InChI is InChI=1S/C20H21NO2/c1-2-4-18-16(3-1)17(12-21(18)10-9-14-5-6-14)15-7-8-19-20(11-15)23-13-22-19/h1-4,7-8,11,14,17H,5-6,9-10,12-13H2. The SMILES string of the molecule is c1ccc2c(c1)C(c1ccc3c(c1)OCO3)CN2CCC1CC1. The van der Waals surface area contributed by atoms with Crippen molar-refractivity contribution in [2.75, 3.05) is 24.8 Å². The lowest BCUT2D eigenvalue weighted by atomic mass is 9.93. The first kappa shape index (κ1) is 13.3. The molecule has 3 aliphatic rings. The second kappa shape index (κ2) is 5.19. The van der Waals surface area contributed by atoms with Crippen LogP contribution in [0.4, 0.5) is 5.69 Å². The van der Waals surface area contributed by atoms with Crippen molar-refractivity contribution in [1.82, 2.24) is 0 Å². The summed E-state index contributed by atoms with van der Waals surface area (Å²) < 4.78 is 11.0. The summed E-state index contributed by atoms with van der Waals surface area (Å²) in [6.07, 6.45) is 4.20. The third kappa shape index (κ3) is 2.35. The molecule has 0 N–H and O–H groups in total. The summed E-state index contributed by atoms with van der Waals surface area (Å²) in [4.78, 5) is 2.57. The third-order valence-electron chi connectivity index (χ3n) is 5.36. The van der Waals surface area contributed by atoms with Gasteiger partial charge in [0.05, 0.1) is 0 Å². The number of ether oxygens (including phenoxy) is 2. The smallest absolute Gasteiger partial charge is 0.231 e. The molecule has 3 heteroatoms. The fraction of sp³-hybridized carbons (Fsp3) is 0.400. The first-order valence-corrected chi connectivity index (χ1v) is 8.62. The van der Waals surface area contributed by atoms with Gasteiger partial charge in [0.25, 0.3) is 0 Å². The summed E-state index contributed by atoms with van der Waals surface area (Å²) in [6.45, 7) is 2.60. The van der Waals surface area contributed by atoms with Crippen LogP contribution in [0.25, 0.3) is 0 Å². The molecule has 0 aromatic heterocycles. The average Bonchev–Trinajstić information content (AvgIpc) is 3.18. The number of hydrogen-bond acceptors (Lipinski definition) is 3. The Labute approximate surface area is 136 Å². The van der Waals surface area contributed by atoms with Gasteiger partial charge in [0.2, 0.25) is 6.79 Å². The Morgan fingerprint density at radius 1 is 1.00 bits per heavy atom. The second-order valence-corrected chi connectivity index (χ2v) is 6.90. The van der Waals surface area contributed by atoms with E-state index in [0.717, 1.165) is 24.0 Å². The molecular formula is C20H21NO2. The van der Waals surface area contributed by atoms with Crippen LogP contribution in [0.5, 0.6) is 11.5 Å². The Morgan fingerprint density at radius 3 is 2.78 bits per heavy atom. The predicted octanol–water partition coefficient (Wildman–Crippen LogP) is 4.17. The van der Waals surface area contributed by atoms with Crippen molar-refractivity contribution in [3.05, 3.63) is 53.6 Å². The van der Waals surface area contributed by atoms with E-state index >= 15 is 0 Å². The molecule has 2 aliphatic heterocycles. The molecule has 0 amide bonds. The van der Waals surface area contributed by atoms with Gasteiger partial charge in [0, 0.05) is 24.7 Å². The van der Waals surface area contributed by atoms with Crippen LogP contribution in [0.15, 0.2) is 42.5 Å².